The summed E-state index contributed by atoms with van der Waals surface area (Å²) in [6.07, 6.45) is 1.57. The lowest BCUT2D eigenvalue weighted by molar-refractivity contribution is 0.310. The lowest BCUT2D eigenvalue weighted by Crippen LogP contribution is -2.45. The molecule has 0 spiro atoms. The molecular weight excluding hydrogens is 306 g/mol. The van der Waals surface area contributed by atoms with Gasteiger partial charge in [0.25, 0.3) is 0 Å². The van der Waals surface area contributed by atoms with Crippen LogP contribution in [0.5, 0.6) is 0 Å². The summed E-state index contributed by atoms with van der Waals surface area (Å²) < 4.78 is 0. The Morgan fingerprint density at radius 3 is 2.62 bits per heavy atom. The van der Waals surface area contributed by atoms with Crippen molar-refractivity contribution in [2.24, 2.45) is 0 Å². The fourth-order valence-corrected chi connectivity index (χ4v) is 3.09. The third-order valence-electron chi connectivity index (χ3n) is 3.36. The normalized spacial score (nSPS) is 16.2. The van der Waals surface area contributed by atoms with E-state index in [4.69, 9.17) is 11.6 Å². The number of aromatic nitrogens is 3. The largest absolute Gasteiger partial charge is 0.338 e. The molecule has 110 valence electrons. The van der Waals surface area contributed by atoms with Gasteiger partial charge in [0.1, 0.15) is 6.33 Å². The smallest absolute Gasteiger partial charge is 0.229 e. The van der Waals surface area contributed by atoms with Gasteiger partial charge in [0.2, 0.25) is 5.95 Å². The zero-order valence-corrected chi connectivity index (χ0v) is 13.3. The Morgan fingerprint density at radius 1 is 1.10 bits per heavy atom. The predicted octanol–water partition coefficient (Wildman–Crippen LogP) is 2.43. The van der Waals surface area contributed by atoms with Gasteiger partial charge in [0.15, 0.2) is 5.16 Å². The first-order valence-corrected chi connectivity index (χ1v) is 7.97. The van der Waals surface area contributed by atoms with E-state index in [-0.39, 0.29) is 0 Å². The maximum Gasteiger partial charge on any atom is 0.229 e. The zero-order valence-electron chi connectivity index (χ0n) is 11.7. The maximum atomic E-state index is 6.17. The van der Waals surface area contributed by atoms with Gasteiger partial charge in [-0.3, -0.25) is 0 Å². The van der Waals surface area contributed by atoms with E-state index in [2.05, 4.69) is 31.8 Å². The first-order chi connectivity index (χ1) is 10.2. The van der Waals surface area contributed by atoms with Crippen molar-refractivity contribution < 1.29 is 0 Å². The topological polar surface area (TPSA) is 45.2 Å². The highest BCUT2D eigenvalue weighted by Crippen LogP contribution is 2.31. The van der Waals surface area contributed by atoms with Crippen molar-refractivity contribution in [3.05, 3.63) is 35.6 Å². The fourth-order valence-electron chi connectivity index (χ4n) is 2.11. The van der Waals surface area contributed by atoms with Crippen LogP contribution in [0.3, 0.4) is 0 Å². The molecule has 1 aliphatic heterocycles. The minimum Gasteiger partial charge on any atom is -0.338 e. The summed E-state index contributed by atoms with van der Waals surface area (Å²) in [4.78, 5) is 18.5. The van der Waals surface area contributed by atoms with Crippen molar-refractivity contribution in [1.29, 1.82) is 0 Å². The molecule has 0 aliphatic carbocycles. The summed E-state index contributed by atoms with van der Waals surface area (Å²) in [5.41, 5.74) is 0. The van der Waals surface area contributed by atoms with Crippen LogP contribution in [0.25, 0.3) is 0 Å². The summed E-state index contributed by atoms with van der Waals surface area (Å²) in [7, 11) is 2.13. The lowest BCUT2D eigenvalue weighted by atomic mass is 10.3. The third kappa shape index (κ3) is 3.64. The van der Waals surface area contributed by atoms with E-state index in [9.17, 15) is 0 Å². The molecule has 5 nitrogen and oxygen atoms in total. The fraction of sp³-hybridized carbons (Fsp3) is 0.357. The van der Waals surface area contributed by atoms with Crippen LogP contribution >= 0.6 is 23.4 Å². The minimum atomic E-state index is 0.673. The predicted molar refractivity (Wildman–Crippen MR) is 85.1 cm³/mol. The van der Waals surface area contributed by atoms with Gasteiger partial charge >= 0.3 is 0 Å². The number of hydrogen-bond donors (Lipinski definition) is 0. The van der Waals surface area contributed by atoms with E-state index in [0.29, 0.717) is 10.2 Å². The quantitative estimate of drug-likeness (QED) is 0.865. The molecule has 1 aromatic carbocycles. The molecule has 1 fully saturated rings. The second-order valence-electron chi connectivity index (χ2n) is 4.89. The van der Waals surface area contributed by atoms with Gasteiger partial charge in [-0.1, -0.05) is 23.7 Å². The molecule has 1 aromatic heterocycles. The zero-order chi connectivity index (χ0) is 14.7. The van der Waals surface area contributed by atoms with Crippen molar-refractivity contribution in [1.82, 2.24) is 19.9 Å². The molecule has 21 heavy (non-hydrogen) atoms. The Kier molecular flexibility index (Phi) is 4.57. The molecule has 0 unspecified atom stereocenters. The number of nitrogens with zero attached hydrogens (tertiary/aromatic N) is 5. The second kappa shape index (κ2) is 6.60. The molecule has 0 bridgehead atoms. The molecule has 0 saturated carbocycles. The van der Waals surface area contributed by atoms with Gasteiger partial charge in [0.05, 0.1) is 5.02 Å². The van der Waals surface area contributed by atoms with Crippen LogP contribution in [0.2, 0.25) is 5.02 Å². The summed E-state index contributed by atoms with van der Waals surface area (Å²) in [6, 6.07) is 7.70. The molecule has 2 aromatic rings. The van der Waals surface area contributed by atoms with Gasteiger partial charge in [-0.25, -0.2) is 9.97 Å². The van der Waals surface area contributed by atoms with Gasteiger partial charge in [-0.2, -0.15) is 4.98 Å². The maximum absolute atomic E-state index is 6.17. The van der Waals surface area contributed by atoms with Crippen molar-refractivity contribution in [3.63, 3.8) is 0 Å². The lowest BCUT2D eigenvalue weighted by Gasteiger charge is -2.32. The molecule has 0 atom stereocenters. The number of benzene rings is 1. The molecule has 0 radical (unpaired) electrons. The van der Waals surface area contributed by atoms with E-state index in [1.165, 1.54) is 11.8 Å². The van der Waals surface area contributed by atoms with E-state index in [1.54, 1.807) is 6.33 Å². The summed E-state index contributed by atoms with van der Waals surface area (Å²) in [5, 5.41) is 1.39. The van der Waals surface area contributed by atoms with E-state index in [1.807, 2.05) is 24.3 Å². The van der Waals surface area contributed by atoms with Crippen molar-refractivity contribution in [2.45, 2.75) is 10.1 Å². The Labute approximate surface area is 133 Å². The number of likely N-dealkylation sites (N-methyl/N-ethyl adjacent to an activating group) is 1. The SMILES string of the molecule is CN1CCN(c2ncnc(Sc3ccccc3Cl)n2)CC1. The molecule has 3 rings (SSSR count). The monoisotopic (exact) mass is 321 g/mol. The standard InChI is InChI=1S/C14H16ClN5S/c1-19-6-8-20(9-7-19)13-16-10-17-14(18-13)21-12-5-3-2-4-11(12)15/h2-5,10H,6-9H2,1H3. The Balaban J connectivity index is 1.76. The Morgan fingerprint density at radius 2 is 1.86 bits per heavy atom. The second-order valence-corrected chi connectivity index (χ2v) is 6.31. The van der Waals surface area contributed by atoms with Crippen LogP contribution in [0.4, 0.5) is 5.95 Å². The summed E-state index contributed by atoms with van der Waals surface area (Å²) in [5.74, 6) is 0.743. The highest BCUT2D eigenvalue weighted by Gasteiger charge is 2.17. The highest BCUT2D eigenvalue weighted by molar-refractivity contribution is 7.99. The number of rotatable bonds is 3. The molecule has 2 heterocycles. The van der Waals surface area contributed by atoms with Crippen LogP contribution in [-0.4, -0.2) is 53.1 Å². The van der Waals surface area contributed by atoms with E-state index < -0.39 is 0 Å². The average Bonchev–Trinajstić information content (AvgIpc) is 2.51. The molecule has 0 N–H and O–H groups in total. The Hall–Kier alpha value is -1.37. The van der Waals surface area contributed by atoms with Crippen molar-refractivity contribution >= 4 is 29.3 Å². The molecule has 0 amide bonds. The van der Waals surface area contributed by atoms with Crippen LogP contribution in [0, 0.1) is 0 Å². The Bertz CT molecular complexity index is 616. The molecule has 1 saturated heterocycles. The van der Waals surface area contributed by atoms with E-state index >= 15 is 0 Å². The van der Waals surface area contributed by atoms with Crippen LogP contribution in [0.15, 0.2) is 40.6 Å². The number of halogens is 1. The number of anilines is 1. The average molecular weight is 322 g/mol. The molecular formula is C14H16ClN5S. The van der Waals surface area contributed by atoms with Gasteiger partial charge in [-0.15, -0.1) is 0 Å². The van der Waals surface area contributed by atoms with Crippen molar-refractivity contribution in [3.8, 4) is 0 Å². The van der Waals surface area contributed by atoms with Crippen LogP contribution < -0.4 is 4.90 Å². The van der Waals surface area contributed by atoms with Crippen molar-refractivity contribution in [2.75, 3.05) is 38.1 Å². The summed E-state index contributed by atoms with van der Waals surface area (Å²) >= 11 is 7.63. The van der Waals surface area contributed by atoms with Gasteiger partial charge in [-0.05, 0) is 30.9 Å². The molecule has 1 aliphatic rings. The van der Waals surface area contributed by atoms with Gasteiger partial charge < -0.3 is 9.80 Å². The number of hydrogen-bond acceptors (Lipinski definition) is 6. The van der Waals surface area contributed by atoms with Crippen LogP contribution in [-0.2, 0) is 0 Å². The van der Waals surface area contributed by atoms with E-state index in [0.717, 1.165) is 37.0 Å². The molecule has 7 heteroatoms. The first-order valence-electron chi connectivity index (χ1n) is 6.77. The summed E-state index contributed by atoms with van der Waals surface area (Å²) in [6.45, 7) is 3.94. The minimum absolute atomic E-state index is 0.673. The highest BCUT2D eigenvalue weighted by atomic mass is 35.5. The van der Waals surface area contributed by atoms with Crippen LogP contribution in [0.1, 0.15) is 0 Å². The third-order valence-corrected chi connectivity index (χ3v) is 4.76. The first kappa shape index (κ1) is 14.6. The van der Waals surface area contributed by atoms with Gasteiger partial charge in [0, 0.05) is 31.1 Å². The number of piperazine rings is 1.